The lowest BCUT2D eigenvalue weighted by atomic mass is 9.92. The lowest BCUT2D eigenvalue weighted by molar-refractivity contribution is 0.0885. The molecule has 1 fully saturated rings. The predicted octanol–water partition coefficient (Wildman–Crippen LogP) is 1.90. The Morgan fingerprint density at radius 3 is 2.54 bits per heavy atom. The number of aromatic nitrogens is 3. The van der Waals surface area contributed by atoms with E-state index in [0.717, 1.165) is 25.7 Å². The van der Waals surface area contributed by atoms with E-state index in [0.29, 0.717) is 23.1 Å². The standard InChI is InChI=1S/C16H20N4O4/c1-10-13(9-19-24-10)14(21)20-11-3-5-12(6-4-11)23-16-15(22-2)17-7-8-18-16/h7-9,11-12H,3-6H2,1-2H3,(H,20,21). The van der Waals surface area contributed by atoms with E-state index in [1.807, 2.05) is 0 Å². The molecular formula is C16H20N4O4. The van der Waals surface area contributed by atoms with Crippen LogP contribution in [-0.4, -0.2) is 40.3 Å². The van der Waals surface area contributed by atoms with Crippen LogP contribution >= 0.6 is 0 Å². The highest BCUT2D eigenvalue weighted by Gasteiger charge is 2.26. The van der Waals surface area contributed by atoms with Crippen molar-refractivity contribution >= 4 is 5.91 Å². The first-order valence-electron chi connectivity index (χ1n) is 7.91. The van der Waals surface area contributed by atoms with Gasteiger partial charge in [0.1, 0.15) is 17.4 Å². The zero-order chi connectivity index (χ0) is 16.9. The third-order valence-electron chi connectivity index (χ3n) is 4.11. The van der Waals surface area contributed by atoms with Crippen molar-refractivity contribution in [3.63, 3.8) is 0 Å². The summed E-state index contributed by atoms with van der Waals surface area (Å²) in [7, 11) is 1.54. The average molecular weight is 332 g/mol. The van der Waals surface area contributed by atoms with Crippen LogP contribution in [0.15, 0.2) is 23.1 Å². The number of hydrogen-bond donors (Lipinski definition) is 1. The molecule has 2 aromatic heterocycles. The molecule has 0 spiro atoms. The van der Waals surface area contributed by atoms with Crippen LogP contribution in [0.5, 0.6) is 11.8 Å². The number of rotatable bonds is 5. The summed E-state index contributed by atoms with van der Waals surface area (Å²) in [5.41, 5.74) is 0.484. The van der Waals surface area contributed by atoms with E-state index in [-0.39, 0.29) is 18.1 Å². The summed E-state index contributed by atoms with van der Waals surface area (Å²) in [4.78, 5) is 20.4. The monoisotopic (exact) mass is 332 g/mol. The highest BCUT2D eigenvalue weighted by Crippen LogP contribution is 2.27. The summed E-state index contributed by atoms with van der Waals surface area (Å²) in [5, 5.41) is 6.65. The smallest absolute Gasteiger partial charge is 0.278 e. The molecule has 8 heteroatoms. The minimum atomic E-state index is -0.145. The summed E-state index contributed by atoms with van der Waals surface area (Å²) in [6, 6.07) is 0.121. The first-order chi connectivity index (χ1) is 11.7. The van der Waals surface area contributed by atoms with Crippen molar-refractivity contribution < 1.29 is 18.8 Å². The summed E-state index contributed by atoms with van der Waals surface area (Å²) in [6.45, 7) is 1.72. The van der Waals surface area contributed by atoms with Crippen molar-refractivity contribution in [1.82, 2.24) is 20.4 Å². The number of carbonyl (C=O) groups is 1. The molecule has 1 aliphatic carbocycles. The second-order valence-corrected chi connectivity index (χ2v) is 5.73. The summed E-state index contributed by atoms with van der Waals surface area (Å²) >= 11 is 0. The van der Waals surface area contributed by atoms with E-state index in [1.54, 1.807) is 19.3 Å². The molecule has 2 aromatic rings. The molecule has 1 aliphatic rings. The van der Waals surface area contributed by atoms with E-state index >= 15 is 0 Å². The molecule has 0 bridgehead atoms. The number of carbonyl (C=O) groups excluding carboxylic acids is 1. The molecule has 24 heavy (non-hydrogen) atoms. The number of hydrogen-bond acceptors (Lipinski definition) is 7. The Morgan fingerprint density at radius 2 is 1.92 bits per heavy atom. The Bertz CT molecular complexity index is 695. The van der Waals surface area contributed by atoms with Crippen molar-refractivity contribution in [2.75, 3.05) is 7.11 Å². The Morgan fingerprint density at radius 1 is 1.21 bits per heavy atom. The topological polar surface area (TPSA) is 99.4 Å². The fourth-order valence-corrected chi connectivity index (χ4v) is 2.80. The number of amides is 1. The third kappa shape index (κ3) is 3.64. The molecule has 0 unspecified atom stereocenters. The van der Waals surface area contributed by atoms with Crippen LogP contribution in [0.4, 0.5) is 0 Å². The molecule has 1 saturated carbocycles. The average Bonchev–Trinajstić information content (AvgIpc) is 3.03. The molecule has 8 nitrogen and oxygen atoms in total. The maximum absolute atomic E-state index is 12.2. The van der Waals surface area contributed by atoms with E-state index in [2.05, 4.69) is 20.4 Å². The number of nitrogens with zero attached hydrogens (tertiary/aromatic N) is 3. The van der Waals surface area contributed by atoms with Crippen molar-refractivity contribution in [2.24, 2.45) is 0 Å². The van der Waals surface area contributed by atoms with Gasteiger partial charge in [0.05, 0.1) is 13.3 Å². The van der Waals surface area contributed by atoms with Gasteiger partial charge < -0.3 is 19.3 Å². The quantitative estimate of drug-likeness (QED) is 0.892. The van der Waals surface area contributed by atoms with Gasteiger partial charge in [-0.05, 0) is 32.6 Å². The molecule has 128 valence electrons. The molecule has 0 saturated heterocycles. The SMILES string of the molecule is COc1nccnc1OC1CCC(NC(=O)c2cnoc2C)CC1. The van der Waals surface area contributed by atoms with E-state index in [9.17, 15) is 4.79 Å². The third-order valence-corrected chi connectivity index (χ3v) is 4.11. The second kappa shape index (κ2) is 7.29. The van der Waals surface area contributed by atoms with Gasteiger partial charge in [-0.15, -0.1) is 0 Å². The van der Waals surface area contributed by atoms with Crippen LogP contribution in [0.25, 0.3) is 0 Å². The van der Waals surface area contributed by atoms with Gasteiger partial charge in [0.25, 0.3) is 17.7 Å². The minimum absolute atomic E-state index is 0.0427. The second-order valence-electron chi connectivity index (χ2n) is 5.73. The maximum Gasteiger partial charge on any atom is 0.278 e. The number of methoxy groups -OCH3 is 1. The van der Waals surface area contributed by atoms with Gasteiger partial charge in [-0.2, -0.15) is 0 Å². The van der Waals surface area contributed by atoms with Crippen molar-refractivity contribution in [1.29, 1.82) is 0 Å². The van der Waals surface area contributed by atoms with Gasteiger partial charge in [-0.25, -0.2) is 9.97 Å². The van der Waals surface area contributed by atoms with Crippen LogP contribution in [0, 0.1) is 6.92 Å². The Balaban J connectivity index is 1.51. The predicted molar refractivity (Wildman–Crippen MR) is 84.0 cm³/mol. The zero-order valence-corrected chi connectivity index (χ0v) is 13.7. The van der Waals surface area contributed by atoms with E-state index in [4.69, 9.17) is 14.0 Å². The zero-order valence-electron chi connectivity index (χ0n) is 13.7. The van der Waals surface area contributed by atoms with Gasteiger partial charge >= 0.3 is 0 Å². The summed E-state index contributed by atoms with van der Waals surface area (Å²) in [6.07, 6.45) is 7.95. The Kier molecular flexibility index (Phi) is 4.93. The van der Waals surface area contributed by atoms with Crippen molar-refractivity contribution in [2.45, 2.75) is 44.8 Å². The number of nitrogens with one attached hydrogen (secondary N) is 1. The van der Waals surface area contributed by atoms with Crippen LogP contribution < -0.4 is 14.8 Å². The van der Waals surface area contributed by atoms with Crippen LogP contribution in [0.1, 0.15) is 41.8 Å². The normalized spacial score (nSPS) is 20.4. The molecule has 0 aromatic carbocycles. The first-order valence-corrected chi connectivity index (χ1v) is 7.91. The highest BCUT2D eigenvalue weighted by molar-refractivity contribution is 5.94. The van der Waals surface area contributed by atoms with Crippen molar-refractivity contribution in [3.05, 3.63) is 29.9 Å². The van der Waals surface area contributed by atoms with Gasteiger partial charge in [0, 0.05) is 18.4 Å². The van der Waals surface area contributed by atoms with Crippen LogP contribution in [-0.2, 0) is 0 Å². The minimum Gasteiger partial charge on any atom is -0.477 e. The Labute approximate surface area is 139 Å². The molecule has 0 aliphatic heterocycles. The van der Waals surface area contributed by atoms with Crippen LogP contribution in [0.2, 0.25) is 0 Å². The summed E-state index contributed by atoms with van der Waals surface area (Å²) in [5.74, 6) is 1.18. The molecule has 0 radical (unpaired) electrons. The highest BCUT2D eigenvalue weighted by atomic mass is 16.5. The number of aryl methyl sites for hydroxylation is 1. The number of ether oxygens (including phenoxy) is 2. The molecule has 2 heterocycles. The molecule has 1 amide bonds. The van der Waals surface area contributed by atoms with Gasteiger partial charge in [-0.1, -0.05) is 5.16 Å². The fourth-order valence-electron chi connectivity index (χ4n) is 2.80. The van der Waals surface area contributed by atoms with Crippen molar-refractivity contribution in [3.8, 4) is 11.8 Å². The van der Waals surface area contributed by atoms with Crippen LogP contribution in [0.3, 0.4) is 0 Å². The van der Waals surface area contributed by atoms with Gasteiger partial charge in [0.15, 0.2) is 0 Å². The van der Waals surface area contributed by atoms with E-state index < -0.39 is 0 Å². The Hall–Kier alpha value is -2.64. The van der Waals surface area contributed by atoms with Gasteiger partial charge in [-0.3, -0.25) is 4.79 Å². The molecule has 0 atom stereocenters. The molecular weight excluding hydrogens is 312 g/mol. The lowest BCUT2D eigenvalue weighted by Crippen LogP contribution is -2.39. The maximum atomic E-state index is 12.2. The molecule has 3 rings (SSSR count). The fraction of sp³-hybridized carbons (Fsp3) is 0.500. The summed E-state index contributed by atoms with van der Waals surface area (Å²) < 4.78 is 16.0. The first kappa shape index (κ1) is 16.2. The van der Waals surface area contributed by atoms with E-state index in [1.165, 1.54) is 13.3 Å². The van der Waals surface area contributed by atoms with Gasteiger partial charge in [0.2, 0.25) is 0 Å². The largest absolute Gasteiger partial charge is 0.477 e. The molecule has 1 N–H and O–H groups in total. The lowest BCUT2D eigenvalue weighted by Gasteiger charge is -2.29.